The van der Waals surface area contributed by atoms with Crippen molar-refractivity contribution < 1.29 is 0 Å². The van der Waals surface area contributed by atoms with Gasteiger partial charge in [0.15, 0.2) is 0 Å². The van der Waals surface area contributed by atoms with Crippen LogP contribution in [0.4, 0.5) is 0 Å². The fourth-order valence-electron chi connectivity index (χ4n) is 1.02. The third-order valence-corrected chi connectivity index (χ3v) is 1.67. The molecule has 0 spiro atoms. The first kappa shape index (κ1) is 7.03. The van der Waals surface area contributed by atoms with Gasteiger partial charge in [-0.1, -0.05) is 6.08 Å². The number of aromatic nitrogens is 2. The summed E-state index contributed by atoms with van der Waals surface area (Å²) in [6, 6.07) is 1.92. The van der Waals surface area contributed by atoms with Gasteiger partial charge in [0.25, 0.3) is 0 Å². The molecule has 3 nitrogen and oxygen atoms in total. The first-order valence-corrected chi connectivity index (χ1v) is 3.81. The predicted octanol–water partition coefficient (Wildman–Crippen LogP) is 1.43. The van der Waals surface area contributed by atoms with Crippen molar-refractivity contribution in [1.82, 2.24) is 10.2 Å². The van der Waals surface area contributed by atoms with E-state index in [0.29, 0.717) is 0 Å². The van der Waals surface area contributed by atoms with Crippen LogP contribution in [0.3, 0.4) is 0 Å². The largest absolute Gasteiger partial charge is 0.288 e. The Morgan fingerprint density at radius 3 is 3.08 bits per heavy atom. The molecule has 0 radical (unpaired) electrons. The van der Waals surface area contributed by atoms with Gasteiger partial charge in [-0.3, -0.25) is 10.1 Å². The van der Waals surface area contributed by atoms with Gasteiger partial charge in [-0.15, -0.1) is 0 Å². The smallest absolute Gasteiger partial charge is 0.0640 e. The highest BCUT2D eigenvalue weighted by molar-refractivity contribution is 5.77. The summed E-state index contributed by atoms with van der Waals surface area (Å²) in [5.74, 6) is 0. The minimum Gasteiger partial charge on any atom is -0.288 e. The van der Waals surface area contributed by atoms with E-state index in [-0.39, 0.29) is 0 Å². The maximum absolute atomic E-state index is 4.07. The Morgan fingerprint density at radius 2 is 2.42 bits per heavy atom. The molecule has 2 rings (SSSR count). The molecule has 1 aromatic heterocycles. The molecule has 0 saturated heterocycles. The third-order valence-electron chi connectivity index (χ3n) is 1.67. The lowest BCUT2D eigenvalue weighted by Gasteiger charge is -1.87. The molecule has 0 aliphatic carbocycles. The zero-order valence-electron chi connectivity index (χ0n) is 6.57. The van der Waals surface area contributed by atoms with Crippen LogP contribution in [0.15, 0.2) is 35.0 Å². The van der Waals surface area contributed by atoms with E-state index in [0.717, 1.165) is 12.2 Å². The Kier molecular flexibility index (Phi) is 1.86. The third kappa shape index (κ3) is 1.50. The van der Waals surface area contributed by atoms with Crippen molar-refractivity contribution in [1.29, 1.82) is 0 Å². The van der Waals surface area contributed by atoms with Crippen LogP contribution < -0.4 is 0 Å². The average molecular weight is 159 g/mol. The first-order valence-electron chi connectivity index (χ1n) is 3.81. The highest BCUT2D eigenvalue weighted by Gasteiger charge is 1.94. The number of allylic oxidation sites excluding steroid dienone is 1. The molecule has 0 bridgehead atoms. The van der Waals surface area contributed by atoms with Gasteiger partial charge in [0, 0.05) is 12.4 Å². The average Bonchev–Trinajstić information content (AvgIpc) is 2.74. The highest BCUT2D eigenvalue weighted by Crippen LogP contribution is 2.05. The van der Waals surface area contributed by atoms with Gasteiger partial charge in [0.2, 0.25) is 0 Å². The minimum atomic E-state index is 0.796. The number of rotatable bonds is 2. The molecule has 3 heteroatoms. The monoisotopic (exact) mass is 159 g/mol. The molecule has 1 aliphatic rings. The van der Waals surface area contributed by atoms with Crippen molar-refractivity contribution in [2.75, 3.05) is 6.54 Å². The van der Waals surface area contributed by atoms with E-state index in [9.17, 15) is 0 Å². The minimum absolute atomic E-state index is 0.796. The number of H-pyrrole nitrogens is 1. The van der Waals surface area contributed by atoms with Gasteiger partial charge in [-0.25, -0.2) is 0 Å². The van der Waals surface area contributed by atoms with Crippen molar-refractivity contribution in [3.05, 3.63) is 35.7 Å². The lowest BCUT2D eigenvalue weighted by Crippen LogP contribution is -1.77. The topological polar surface area (TPSA) is 41.0 Å². The number of nitrogens with one attached hydrogen (secondary N) is 1. The Morgan fingerprint density at radius 1 is 1.42 bits per heavy atom. The van der Waals surface area contributed by atoms with Crippen LogP contribution in [-0.4, -0.2) is 23.0 Å². The van der Waals surface area contributed by atoms with Crippen molar-refractivity contribution in [3.63, 3.8) is 0 Å². The van der Waals surface area contributed by atoms with E-state index < -0.39 is 0 Å². The number of nitrogens with zero attached hydrogens (tertiary/aromatic N) is 2. The van der Waals surface area contributed by atoms with E-state index in [4.69, 9.17) is 0 Å². The summed E-state index contributed by atoms with van der Waals surface area (Å²) in [6.07, 6.45) is 9.60. The van der Waals surface area contributed by atoms with Crippen LogP contribution in [0.2, 0.25) is 0 Å². The highest BCUT2D eigenvalue weighted by atomic mass is 15.1. The van der Waals surface area contributed by atoms with E-state index in [1.807, 2.05) is 30.5 Å². The van der Waals surface area contributed by atoms with E-state index in [1.54, 1.807) is 6.20 Å². The zero-order chi connectivity index (χ0) is 8.23. The molecular formula is C9H9N3. The molecule has 0 aromatic carbocycles. The fraction of sp³-hybridized carbons (Fsp3) is 0.111. The summed E-state index contributed by atoms with van der Waals surface area (Å²) in [5.41, 5.74) is 2.24. The standard InChI is InChI=1S/C9H9N3/c1(8-3-5-10-7-8)2-9-4-6-11-12-9/h1-6H,7H2,(H,11,12)/b2-1+. The second kappa shape index (κ2) is 3.17. The van der Waals surface area contributed by atoms with E-state index in [1.165, 1.54) is 5.57 Å². The summed E-state index contributed by atoms with van der Waals surface area (Å²) in [7, 11) is 0. The lowest BCUT2D eigenvalue weighted by molar-refractivity contribution is 1.08. The summed E-state index contributed by atoms with van der Waals surface area (Å²) >= 11 is 0. The molecule has 1 N–H and O–H groups in total. The molecule has 0 amide bonds. The second-order valence-corrected chi connectivity index (χ2v) is 2.58. The number of hydrogen-bond donors (Lipinski definition) is 1. The van der Waals surface area contributed by atoms with E-state index in [2.05, 4.69) is 15.2 Å². The molecule has 0 atom stereocenters. The molecular weight excluding hydrogens is 150 g/mol. The van der Waals surface area contributed by atoms with Gasteiger partial charge in [-0.2, -0.15) is 5.10 Å². The molecule has 12 heavy (non-hydrogen) atoms. The fourth-order valence-corrected chi connectivity index (χ4v) is 1.02. The second-order valence-electron chi connectivity index (χ2n) is 2.58. The molecule has 1 aliphatic heterocycles. The maximum atomic E-state index is 4.07. The maximum Gasteiger partial charge on any atom is 0.0640 e. The zero-order valence-corrected chi connectivity index (χ0v) is 6.57. The van der Waals surface area contributed by atoms with Crippen molar-refractivity contribution >= 4 is 12.3 Å². The molecule has 60 valence electrons. The lowest BCUT2D eigenvalue weighted by atomic mass is 10.2. The molecule has 0 unspecified atom stereocenters. The van der Waals surface area contributed by atoms with Crippen LogP contribution in [-0.2, 0) is 0 Å². The van der Waals surface area contributed by atoms with Crippen LogP contribution in [0, 0.1) is 0 Å². The Bertz CT molecular complexity index is 331. The van der Waals surface area contributed by atoms with Gasteiger partial charge in [0.1, 0.15) is 0 Å². The van der Waals surface area contributed by atoms with Crippen molar-refractivity contribution in [2.24, 2.45) is 4.99 Å². The van der Waals surface area contributed by atoms with Gasteiger partial charge >= 0.3 is 0 Å². The quantitative estimate of drug-likeness (QED) is 0.696. The first-order chi connectivity index (χ1) is 5.95. The Balaban J connectivity index is 2.03. The molecule has 0 saturated carbocycles. The van der Waals surface area contributed by atoms with Crippen molar-refractivity contribution in [3.8, 4) is 0 Å². The number of aliphatic imine (C=N–C) groups is 1. The molecule has 0 fully saturated rings. The van der Waals surface area contributed by atoms with Crippen LogP contribution in [0.5, 0.6) is 0 Å². The summed E-state index contributed by atoms with van der Waals surface area (Å²) in [5, 5.41) is 6.70. The number of hydrogen-bond acceptors (Lipinski definition) is 2. The van der Waals surface area contributed by atoms with Crippen molar-refractivity contribution in [2.45, 2.75) is 0 Å². The number of aromatic amines is 1. The van der Waals surface area contributed by atoms with Crippen LogP contribution in [0.1, 0.15) is 5.69 Å². The van der Waals surface area contributed by atoms with Crippen LogP contribution in [0.25, 0.3) is 6.08 Å². The SMILES string of the molecule is C1=NCC(/C=C/c2ccn[nH]2)=C1. The Labute approximate surface area is 70.5 Å². The summed E-state index contributed by atoms with van der Waals surface area (Å²) in [4.78, 5) is 4.07. The van der Waals surface area contributed by atoms with Gasteiger partial charge in [0.05, 0.1) is 12.2 Å². The predicted molar refractivity (Wildman–Crippen MR) is 49.1 cm³/mol. The normalized spacial score (nSPS) is 15.8. The molecule has 1 aromatic rings. The summed E-state index contributed by atoms with van der Waals surface area (Å²) < 4.78 is 0. The summed E-state index contributed by atoms with van der Waals surface area (Å²) in [6.45, 7) is 0.796. The van der Waals surface area contributed by atoms with Gasteiger partial charge < -0.3 is 0 Å². The molecule has 2 heterocycles. The van der Waals surface area contributed by atoms with E-state index >= 15 is 0 Å². The van der Waals surface area contributed by atoms with Gasteiger partial charge in [-0.05, 0) is 23.8 Å². The van der Waals surface area contributed by atoms with Crippen LogP contribution >= 0.6 is 0 Å². The Hall–Kier alpha value is -1.64.